The number of nitrogens with zero attached hydrogens (tertiary/aromatic N) is 1. The molecule has 1 unspecified atom stereocenters. The quantitative estimate of drug-likeness (QED) is 0.700. The van der Waals surface area contributed by atoms with Crippen molar-refractivity contribution in [3.05, 3.63) is 29.8 Å². The van der Waals surface area contributed by atoms with Crippen LogP contribution in [0.3, 0.4) is 0 Å². The minimum absolute atomic E-state index is 0.476. The van der Waals surface area contributed by atoms with Gasteiger partial charge in [0.25, 0.3) is 0 Å². The number of rotatable bonds is 8. The van der Waals surface area contributed by atoms with Gasteiger partial charge in [-0.25, -0.2) is 0 Å². The van der Waals surface area contributed by atoms with Gasteiger partial charge in [0.05, 0.1) is 0 Å². The zero-order chi connectivity index (χ0) is 13.4. The van der Waals surface area contributed by atoms with E-state index < -0.39 is 0 Å². The van der Waals surface area contributed by atoms with E-state index in [1.807, 2.05) is 7.05 Å². The fraction of sp³-hybridized carbons (Fsp3) is 0.625. The lowest BCUT2D eigenvalue weighted by Crippen LogP contribution is -2.19. The predicted octanol–water partition coefficient (Wildman–Crippen LogP) is 3.98. The van der Waals surface area contributed by atoms with Crippen LogP contribution in [0.25, 0.3) is 0 Å². The molecule has 2 nitrogen and oxygen atoms in total. The molecule has 0 saturated heterocycles. The highest BCUT2D eigenvalue weighted by Gasteiger charge is 2.06. The molecule has 0 bridgehead atoms. The summed E-state index contributed by atoms with van der Waals surface area (Å²) in [5.74, 6) is 0. The summed E-state index contributed by atoms with van der Waals surface area (Å²) in [6.07, 6.45) is 5.01. The van der Waals surface area contributed by atoms with Crippen molar-refractivity contribution in [3.8, 4) is 0 Å². The maximum absolute atomic E-state index is 3.34. The first-order valence-electron chi connectivity index (χ1n) is 7.21. The SMILES string of the molecule is CCCCCN(C)c1ccc(C(CC)NC)cc1. The first-order valence-corrected chi connectivity index (χ1v) is 7.21. The number of anilines is 1. The van der Waals surface area contributed by atoms with Gasteiger partial charge in [0, 0.05) is 25.3 Å². The molecule has 0 saturated carbocycles. The molecule has 1 N–H and O–H groups in total. The van der Waals surface area contributed by atoms with Crippen molar-refractivity contribution in [2.24, 2.45) is 0 Å². The lowest BCUT2D eigenvalue weighted by atomic mass is 10.0. The summed E-state index contributed by atoms with van der Waals surface area (Å²) < 4.78 is 0. The van der Waals surface area contributed by atoms with Gasteiger partial charge in [0.1, 0.15) is 0 Å². The molecule has 0 aliphatic heterocycles. The van der Waals surface area contributed by atoms with Crippen LogP contribution in [0, 0.1) is 0 Å². The number of hydrogen-bond acceptors (Lipinski definition) is 2. The van der Waals surface area contributed by atoms with Crippen LogP contribution in [0.15, 0.2) is 24.3 Å². The van der Waals surface area contributed by atoms with Crippen molar-refractivity contribution in [1.82, 2.24) is 5.32 Å². The fourth-order valence-corrected chi connectivity index (χ4v) is 2.30. The van der Waals surface area contributed by atoms with Crippen LogP contribution < -0.4 is 10.2 Å². The van der Waals surface area contributed by atoms with Crippen LogP contribution in [0.5, 0.6) is 0 Å². The summed E-state index contributed by atoms with van der Waals surface area (Å²) in [7, 11) is 4.21. The average molecular weight is 248 g/mol. The third-order valence-electron chi connectivity index (χ3n) is 3.59. The molecule has 18 heavy (non-hydrogen) atoms. The topological polar surface area (TPSA) is 15.3 Å². The third kappa shape index (κ3) is 4.34. The van der Waals surface area contributed by atoms with Crippen LogP contribution in [-0.4, -0.2) is 20.6 Å². The highest BCUT2D eigenvalue weighted by atomic mass is 15.1. The van der Waals surface area contributed by atoms with E-state index in [1.165, 1.54) is 30.5 Å². The molecule has 0 aromatic heterocycles. The number of benzene rings is 1. The van der Waals surface area contributed by atoms with E-state index in [4.69, 9.17) is 0 Å². The highest BCUT2D eigenvalue weighted by Crippen LogP contribution is 2.20. The monoisotopic (exact) mass is 248 g/mol. The number of hydrogen-bond donors (Lipinski definition) is 1. The van der Waals surface area contributed by atoms with Gasteiger partial charge in [-0.2, -0.15) is 0 Å². The highest BCUT2D eigenvalue weighted by molar-refractivity contribution is 5.47. The second-order valence-corrected chi connectivity index (χ2v) is 4.97. The predicted molar refractivity (Wildman–Crippen MR) is 81.3 cm³/mol. The molecule has 102 valence electrons. The molecule has 0 aliphatic carbocycles. The van der Waals surface area contributed by atoms with Crippen LogP contribution in [-0.2, 0) is 0 Å². The summed E-state index contributed by atoms with van der Waals surface area (Å²) in [4.78, 5) is 2.35. The molecular formula is C16H28N2. The second-order valence-electron chi connectivity index (χ2n) is 4.97. The molecule has 0 amide bonds. The van der Waals surface area contributed by atoms with Crippen molar-refractivity contribution in [2.45, 2.75) is 45.6 Å². The molecule has 1 aromatic carbocycles. The van der Waals surface area contributed by atoms with Gasteiger partial charge in [-0.1, -0.05) is 38.8 Å². The van der Waals surface area contributed by atoms with E-state index in [-0.39, 0.29) is 0 Å². The Morgan fingerprint density at radius 3 is 2.28 bits per heavy atom. The Balaban J connectivity index is 2.58. The normalized spacial score (nSPS) is 12.4. The molecule has 1 rings (SSSR count). The Bertz CT molecular complexity index is 314. The minimum Gasteiger partial charge on any atom is -0.375 e. The number of nitrogens with one attached hydrogen (secondary N) is 1. The summed E-state index contributed by atoms with van der Waals surface area (Å²) >= 11 is 0. The Hall–Kier alpha value is -1.02. The van der Waals surface area contributed by atoms with Gasteiger partial charge < -0.3 is 10.2 Å². The van der Waals surface area contributed by atoms with Crippen molar-refractivity contribution in [3.63, 3.8) is 0 Å². The Morgan fingerprint density at radius 2 is 1.78 bits per heavy atom. The summed E-state index contributed by atoms with van der Waals surface area (Å²) in [6.45, 7) is 5.61. The van der Waals surface area contributed by atoms with Gasteiger partial charge in [0.2, 0.25) is 0 Å². The molecule has 0 spiro atoms. The van der Waals surface area contributed by atoms with Crippen molar-refractivity contribution >= 4 is 5.69 Å². The van der Waals surface area contributed by atoms with Gasteiger partial charge in [0.15, 0.2) is 0 Å². The van der Waals surface area contributed by atoms with Crippen molar-refractivity contribution in [1.29, 1.82) is 0 Å². The molecular weight excluding hydrogens is 220 g/mol. The maximum atomic E-state index is 3.34. The standard InChI is InChI=1S/C16H28N2/c1-5-7-8-13-18(4)15-11-9-14(10-12-15)16(6-2)17-3/h9-12,16-17H,5-8,13H2,1-4H3. The van der Waals surface area contributed by atoms with E-state index in [2.05, 4.69) is 55.4 Å². The van der Waals surface area contributed by atoms with E-state index in [0.717, 1.165) is 13.0 Å². The van der Waals surface area contributed by atoms with E-state index >= 15 is 0 Å². The average Bonchev–Trinajstić information content (AvgIpc) is 2.41. The first-order chi connectivity index (χ1) is 8.72. The van der Waals surface area contributed by atoms with E-state index in [1.54, 1.807) is 0 Å². The Morgan fingerprint density at radius 1 is 1.11 bits per heavy atom. The zero-order valence-electron chi connectivity index (χ0n) is 12.4. The van der Waals surface area contributed by atoms with Crippen LogP contribution in [0.1, 0.15) is 51.1 Å². The van der Waals surface area contributed by atoms with Gasteiger partial charge in [-0.15, -0.1) is 0 Å². The van der Waals surface area contributed by atoms with Crippen LogP contribution >= 0.6 is 0 Å². The van der Waals surface area contributed by atoms with Gasteiger partial charge >= 0.3 is 0 Å². The van der Waals surface area contributed by atoms with Gasteiger partial charge in [-0.3, -0.25) is 0 Å². The van der Waals surface area contributed by atoms with E-state index in [9.17, 15) is 0 Å². The fourth-order valence-electron chi connectivity index (χ4n) is 2.30. The lowest BCUT2D eigenvalue weighted by Gasteiger charge is -2.21. The summed E-state index contributed by atoms with van der Waals surface area (Å²) in [5.41, 5.74) is 2.70. The zero-order valence-corrected chi connectivity index (χ0v) is 12.4. The smallest absolute Gasteiger partial charge is 0.0363 e. The maximum Gasteiger partial charge on any atom is 0.0363 e. The van der Waals surface area contributed by atoms with Crippen LogP contribution in [0.4, 0.5) is 5.69 Å². The van der Waals surface area contributed by atoms with Crippen LogP contribution in [0.2, 0.25) is 0 Å². The summed E-state index contributed by atoms with van der Waals surface area (Å²) in [6, 6.07) is 9.44. The summed E-state index contributed by atoms with van der Waals surface area (Å²) in [5, 5.41) is 3.34. The minimum atomic E-state index is 0.476. The van der Waals surface area contributed by atoms with E-state index in [0.29, 0.717) is 6.04 Å². The molecule has 0 radical (unpaired) electrons. The molecule has 0 fully saturated rings. The molecule has 1 aromatic rings. The molecule has 0 heterocycles. The number of unbranched alkanes of at least 4 members (excludes halogenated alkanes) is 2. The Kier molecular flexibility index (Phi) is 6.81. The third-order valence-corrected chi connectivity index (χ3v) is 3.59. The molecule has 2 heteroatoms. The Labute approximate surface area is 112 Å². The van der Waals surface area contributed by atoms with Crippen molar-refractivity contribution in [2.75, 3.05) is 25.5 Å². The van der Waals surface area contributed by atoms with Gasteiger partial charge in [-0.05, 0) is 37.6 Å². The molecule has 0 aliphatic rings. The second kappa shape index (κ2) is 8.15. The molecule has 1 atom stereocenters. The lowest BCUT2D eigenvalue weighted by molar-refractivity contribution is 0.577. The van der Waals surface area contributed by atoms with Crippen molar-refractivity contribution < 1.29 is 0 Å². The largest absolute Gasteiger partial charge is 0.375 e. The first kappa shape index (κ1) is 15.0.